The van der Waals surface area contributed by atoms with Crippen LogP contribution in [-0.2, 0) is 22.6 Å². The molecule has 3 rings (SSSR count). The monoisotopic (exact) mass is 301 g/mol. The number of carbonyl (C=O) groups excluding carboxylic acids is 1. The fraction of sp³-hybridized carbons (Fsp3) is 0.400. The third-order valence-electron chi connectivity index (χ3n) is 3.60. The minimum Gasteiger partial charge on any atom is -0.376 e. The van der Waals surface area contributed by atoms with Crippen molar-refractivity contribution in [2.75, 3.05) is 17.2 Å². The van der Waals surface area contributed by atoms with Crippen molar-refractivity contribution < 1.29 is 9.53 Å². The standard InChI is InChI=1S/C15H19N5O2/c1-15(2,18-12-5-3-4-7-16-12)14(21)17-13-10-9-22-8-6-11(10)19-20-13/h3-5,7H,6,8-9H2,1-2H3,(H,16,18)(H2,17,19,20,21). The van der Waals surface area contributed by atoms with Crippen molar-refractivity contribution in [3.05, 3.63) is 35.7 Å². The molecular formula is C15H19N5O2. The van der Waals surface area contributed by atoms with Crippen LogP contribution in [0, 0.1) is 0 Å². The van der Waals surface area contributed by atoms with Crippen molar-refractivity contribution in [2.24, 2.45) is 0 Å². The normalized spacial score (nSPS) is 14.3. The lowest BCUT2D eigenvalue weighted by molar-refractivity contribution is -0.119. The molecule has 0 atom stereocenters. The SMILES string of the molecule is CC(C)(Nc1ccccn1)C(=O)Nc1n[nH]c2c1COCC2. The number of pyridine rings is 1. The van der Waals surface area contributed by atoms with Gasteiger partial charge in [0.2, 0.25) is 0 Å². The molecule has 0 aromatic carbocycles. The first-order valence-electron chi connectivity index (χ1n) is 7.21. The van der Waals surface area contributed by atoms with Gasteiger partial charge in [-0.1, -0.05) is 6.07 Å². The number of nitrogens with one attached hydrogen (secondary N) is 3. The van der Waals surface area contributed by atoms with Gasteiger partial charge in [0.05, 0.1) is 13.2 Å². The molecule has 0 saturated carbocycles. The van der Waals surface area contributed by atoms with Crippen LogP contribution < -0.4 is 10.6 Å². The van der Waals surface area contributed by atoms with Gasteiger partial charge in [-0.3, -0.25) is 9.89 Å². The molecule has 2 aromatic heterocycles. The van der Waals surface area contributed by atoms with Crippen LogP contribution in [0.2, 0.25) is 0 Å². The number of rotatable bonds is 4. The van der Waals surface area contributed by atoms with Gasteiger partial charge in [0, 0.05) is 23.9 Å². The van der Waals surface area contributed by atoms with Crippen molar-refractivity contribution in [1.29, 1.82) is 0 Å². The Kier molecular flexibility index (Phi) is 3.81. The van der Waals surface area contributed by atoms with E-state index in [0.29, 0.717) is 24.8 Å². The Morgan fingerprint density at radius 1 is 1.41 bits per heavy atom. The number of aromatic nitrogens is 3. The van der Waals surface area contributed by atoms with Crippen LogP contribution in [0.5, 0.6) is 0 Å². The third kappa shape index (κ3) is 2.94. The number of carbonyl (C=O) groups is 1. The van der Waals surface area contributed by atoms with Gasteiger partial charge in [-0.05, 0) is 26.0 Å². The van der Waals surface area contributed by atoms with E-state index in [2.05, 4.69) is 25.8 Å². The Morgan fingerprint density at radius 2 is 2.27 bits per heavy atom. The lowest BCUT2D eigenvalue weighted by Crippen LogP contribution is -2.44. The highest BCUT2D eigenvalue weighted by molar-refractivity contribution is 5.99. The van der Waals surface area contributed by atoms with E-state index in [9.17, 15) is 4.79 Å². The molecule has 1 aliphatic heterocycles. The van der Waals surface area contributed by atoms with Crippen molar-refractivity contribution in [3.63, 3.8) is 0 Å². The van der Waals surface area contributed by atoms with Crippen LogP contribution in [0.4, 0.5) is 11.6 Å². The molecule has 2 aromatic rings. The maximum Gasteiger partial charge on any atom is 0.250 e. The minimum absolute atomic E-state index is 0.182. The Morgan fingerprint density at radius 3 is 3.05 bits per heavy atom. The summed E-state index contributed by atoms with van der Waals surface area (Å²) in [6.07, 6.45) is 2.46. The highest BCUT2D eigenvalue weighted by Gasteiger charge is 2.30. The molecule has 0 unspecified atom stereocenters. The zero-order chi connectivity index (χ0) is 15.6. The van der Waals surface area contributed by atoms with Gasteiger partial charge in [0.15, 0.2) is 5.82 Å². The first-order chi connectivity index (χ1) is 10.6. The van der Waals surface area contributed by atoms with Crippen LogP contribution in [0.15, 0.2) is 24.4 Å². The van der Waals surface area contributed by atoms with Gasteiger partial charge in [-0.25, -0.2) is 4.98 Å². The molecule has 1 amide bonds. The molecule has 116 valence electrons. The highest BCUT2D eigenvalue weighted by Crippen LogP contribution is 2.23. The molecule has 0 fully saturated rings. The zero-order valence-corrected chi connectivity index (χ0v) is 12.6. The molecule has 0 spiro atoms. The fourth-order valence-electron chi connectivity index (χ4n) is 2.29. The maximum atomic E-state index is 12.5. The van der Waals surface area contributed by atoms with Gasteiger partial charge < -0.3 is 15.4 Å². The number of nitrogens with zero attached hydrogens (tertiary/aromatic N) is 2. The van der Waals surface area contributed by atoms with Crippen LogP contribution in [0.3, 0.4) is 0 Å². The number of hydrogen-bond acceptors (Lipinski definition) is 5. The van der Waals surface area contributed by atoms with Crippen LogP contribution >= 0.6 is 0 Å². The number of amides is 1. The summed E-state index contributed by atoms with van der Waals surface area (Å²) in [4.78, 5) is 16.7. The second-order valence-electron chi connectivity index (χ2n) is 5.75. The second kappa shape index (κ2) is 5.76. The molecule has 1 aliphatic rings. The van der Waals surface area contributed by atoms with Crippen molar-refractivity contribution in [2.45, 2.75) is 32.4 Å². The Hall–Kier alpha value is -2.41. The summed E-state index contributed by atoms with van der Waals surface area (Å²) in [6, 6.07) is 5.51. The van der Waals surface area contributed by atoms with E-state index in [4.69, 9.17) is 4.74 Å². The lowest BCUT2D eigenvalue weighted by atomic mass is 10.0. The van der Waals surface area contributed by atoms with Crippen LogP contribution in [0.25, 0.3) is 0 Å². The van der Waals surface area contributed by atoms with E-state index >= 15 is 0 Å². The average Bonchev–Trinajstić information content (AvgIpc) is 2.91. The fourth-order valence-corrected chi connectivity index (χ4v) is 2.29. The topological polar surface area (TPSA) is 91.9 Å². The van der Waals surface area contributed by atoms with E-state index < -0.39 is 5.54 Å². The zero-order valence-electron chi connectivity index (χ0n) is 12.6. The van der Waals surface area contributed by atoms with E-state index in [1.165, 1.54) is 0 Å². The summed E-state index contributed by atoms with van der Waals surface area (Å²) in [5.41, 5.74) is 1.13. The predicted octanol–water partition coefficient (Wildman–Crippen LogP) is 1.71. The molecule has 0 bridgehead atoms. The predicted molar refractivity (Wildman–Crippen MR) is 82.5 cm³/mol. The molecule has 0 aliphatic carbocycles. The third-order valence-corrected chi connectivity index (χ3v) is 3.60. The van der Waals surface area contributed by atoms with Gasteiger partial charge in [0.1, 0.15) is 11.4 Å². The first kappa shape index (κ1) is 14.5. The van der Waals surface area contributed by atoms with E-state index in [1.807, 2.05) is 18.2 Å². The van der Waals surface area contributed by atoms with Crippen molar-refractivity contribution in [3.8, 4) is 0 Å². The Bertz CT molecular complexity index is 666. The van der Waals surface area contributed by atoms with Gasteiger partial charge in [-0.15, -0.1) is 0 Å². The van der Waals surface area contributed by atoms with E-state index in [0.717, 1.165) is 17.7 Å². The summed E-state index contributed by atoms with van der Waals surface area (Å²) in [7, 11) is 0. The first-order valence-corrected chi connectivity index (χ1v) is 7.21. The van der Waals surface area contributed by atoms with Crippen molar-refractivity contribution in [1.82, 2.24) is 15.2 Å². The maximum absolute atomic E-state index is 12.5. The number of anilines is 2. The summed E-state index contributed by atoms with van der Waals surface area (Å²) >= 11 is 0. The summed E-state index contributed by atoms with van der Waals surface area (Å²) in [5, 5.41) is 13.1. The Labute approximate surface area is 128 Å². The molecule has 3 heterocycles. The van der Waals surface area contributed by atoms with Gasteiger partial charge in [0.25, 0.3) is 5.91 Å². The summed E-state index contributed by atoms with van der Waals surface area (Å²) < 4.78 is 5.42. The lowest BCUT2D eigenvalue weighted by Gasteiger charge is -2.25. The molecule has 22 heavy (non-hydrogen) atoms. The number of aromatic amines is 1. The quantitative estimate of drug-likeness (QED) is 0.799. The molecule has 3 N–H and O–H groups in total. The molecule has 7 heteroatoms. The Balaban J connectivity index is 1.72. The number of hydrogen-bond donors (Lipinski definition) is 3. The smallest absolute Gasteiger partial charge is 0.250 e. The molecule has 0 saturated heterocycles. The van der Waals surface area contributed by atoms with Crippen LogP contribution in [-0.4, -0.2) is 33.2 Å². The highest BCUT2D eigenvalue weighted by atomic mass is 16.5. The van der Waals surface area contributed by atoms with Gasteiger partial charge >= 0.3 is 0 Å². The van der Waals surface area contributed by atoms with E-state index in [-0.39, 0.29) is 5.91 Å². The number of ether oxygens (including phenoxy) is 1. The number of fused-ring (bicyclic) bond motifs is 1. The molecule has 7 nitrogen and oxygen atoms in total. The summed E-state index contributed by atoms with van der Waals surface area (Å²) in [5.74, 6) is 1.00. The minimum atomic E-state index is -0.824. The molecular weight excluding hydrogens is 282 g/mol. The number of H-pyrrole nitrogens is 1. The van der Waals surface area contributed by atoms with Gasteiger partial charge in [-0.2, -0.15) is 5.10 Å². The second-order valence-corrected chi connectivity index (χ2v) is 5.75. The largest absolute Gasteiger partial charge is 0.376 e. The average molecular weight is 301 g/mol. The van der Waals surface area contributed by atoms with E-state index in [1.54, 1.807) is 20.0 Å². The molecule has 0 radical (unpaired) electrons. The van der Waals surface area contributed by atoms with Crippen LogP contribution in [0.1, 0.15) is 25.1 Å². The summed E-state index contributed by atoms with van der Waals surface area (Å²) in [6.45, 7) is 4.74. The van der Waals surface area contributed by atoms with Crippen molar-refractivity contribution >= 4 is 17.5 Å².